The zero-order chi connectivity index (χ0) is 17.2. The Morgan fingerprint density at radius 2 is 1.76 bits per heavy atom. The number of carbonyl (C=O) groups excluding carboxylic acids is 1. The van der Waals surface area contributed by atoms with Gasteiger partial charge in [0.15, 0.2) is 5.13 Å². The average molecular weight is 352 g/mol. The van der Waals surface area contributed by atoms with Crippen LogP contribution in [0.2, 0.25) is 0 Å². The molecule has 0 saturated carbocycles. The number of fused-ring (bicyclic) bond motifs is 1. The van der Waals surface area contributed by atoms with E-state index >= 15 is 0 Å². The fourth-order valence-electron chi connectivity index (χ4n) is 3.06. The Hall–Kier alpha value is -2.44. The standard InChI is InChI=1S/C19H20N4OS/c20-13-14-5-7-15(8-6-14)18(24)22-9-11-23(12-10-22)19-21-16-3-1-2-4-17(16)25-19/h1-8H,9-13,20H2. The van der Waals surface area contributed by atoms with Crippen LogP contribution in [0.25, 0.3) is 10.2 Å². The minimum atomic E-state index is 0.0903. The molecule has 1 aliphatic heterocycles. The smallest absolute Gasteiger partial charge is 0.253 e. The van der Waals surface area contributed by atoms with Crippen molar-refractivity contribution in [2.24, 2.45) is 5.73 Å². The number of amides is 1. The summed E-state index contributed by atoms with van der Waals surface area (Å²) in [6.45, 7) is 3.55. The SMILES string of the molecule is NCc1ccc(C(=O)N2CCN(c3nc4ccccc4s3)CC2)cc1. The van der Waals surface area contributed by atoms with Gasteiger partial charge in [-0.3, -0.25) is 4.79 Å². The summed E-state index contributed by atoms with van der Waals surface area (Å²) >= 11 is 1.71. The van der Waals surface area contributed by atoms with Crippen molar-refractivity contribution < 1.29 is 4.79 Å². The van der Waals surface area contributed by atoms with Crippen LogP contribution >= 0.6 is 11.3 Å². The summed E-state index contributed by atoms with van der Waals surface area (Å²) in [5.74, 6) is 0.0903. The van der Waals surface area contributed by atoms with Gasteiger partial charge in [0.05, 0.1) is 10.2 Å². The van der Waals surface area contributed by atoms with Crippen LogP contribution in [0, 0.1) is 0 Å². The molecule has 0 spiro atoms. The number of benzene rings is 2. The Kier molecular flexibility index (Phi) is 4.38. The van der Waals surface area contributed by atoms with E-state index in [4.69, 9.17) is 10.7 Å². The second-order valence-corrected chi connectivity index (χ2v) is 7.15. The van der Waals surface area contributed by atoms with Gasteiger partial charge in [-0.2, -0.15) is 0 Å². The Labute approximate surface area is 150 Å². The molecule has 1 saturated heterocycles. The van der Waals surface area contributed by atoms with Gasteiger partial charge < -0.3 is 15.5 Å². The second-order valence-electron chi connectivity index (χ2n) is 6.14. The maximum Gasteiger partial charge on any atom is 0.253 e. The molecule has 0 atom stereocenters. The van der Waals surface area contributed by atoms with Crippen LogP contribution in [0.15, 0.2) is 48.5 Å². The summed E-state index contributed by atoms with van der Waals surface area (Å²) in [4.78, 5) is 21.5. The second kappa shape index (κ2) is 6.82. The van der Waals surface area contributed by atoms with E-state index in [-0.39, 0.29) is 5.91 Å². The van der Waals surface area contributed by atoms with Crippen molar-refractivity contribution in [3.05, 3.63) is 59.7 Å². The predicted molar refractivity (Wildman–Crippen MR) is 102 cm³/mol. The third kappa shape index (κ3) is 3.23. The first-order chi connectivity index (χ1) is 12.2. The number of hydrogen-bond acceptors (Lipinski definition) is 5. The highest BCUT2D eigenvalue weighted by atomic mass is 32.1. The maximum absolute atomic E-state index is 12.6. The van der Waals surface area contributed by atoms with Crippen LogP contribution in [0.4, 0.5) is 5.13 Å². The quantitative estimate of drug-likeness (QED) is 0.787. The lowest BCUT2D eigenvalue weighted by Gasteiger charge is -2.34. The fraction of sp³-hybridized carbons (Fsp3) is 0.263. The third-order valence-electron chi connectivity index (χ3n) is 4.56. The minimum absolute atomic E-state index is 0.0903. The number of hydrogen-bond donors (Lipinski definition) is 1. The van der Waals surface area contributed by atoms with Crippen molar-refractivity contribution in [1.82, 2.24) is 9.88 Å². The van der Waals surface area contributed by atoms with E-state index in [2.05, 4.69) is 11.0 Å². The van der Waals surface area contributed by atoms with Gasteiger partial charge in [-0.15, -0.1) is 0 Å². The molecule has 0 aliphatic carbocycles. The molecule has 1 aromatic heterocycles. The van der Waals surface area contributed by atoms with Gasteiger partial charge in [0.25, 0.3) is 5.91 Å². The summed E-state index contributed by atoms with van der Waals surface area (Å²) in [6, 6.07) is 15.8. The summed E-state index contributed by atoms with van der Waals surface area (Å²) < 4.78 is 1.20. The van der Waals surface area contributed by atoms with Gasteiger partial charge in [0.1, 0.15) is 0 Å². The molecule has 2 heterocycles. The van der Waals surface area contributed by atoms with Crippen molar-refractivity contribution in [2.75, 3.05) is 31.1 Å². The molecule has 6 heteroatoms. The first kappa shape index (κ1) is 16.1. The Morgan fingerprint density at radius 1 is 1.04 bits per heavy atom. The summed E-state index contributed by atoms with van der Waals surface area (Å²) in [6.07, 6.45) is 0. The van der Waals surface area contributed by atoms with Gasteiger partial charge in [-0.1, -0.05) is 35.6 Å². The number of thiazole rings is 1. The molecule has 5 nitrogen and oxygen atoms in total. The van der Waals surface area contributed by atoms with Crippen LogP contribution < -0.4 is 10.6 Å². The molecule has 4 rings (SSSR count). The molecule has 0 radical (unpaired) electrons. The van der Waals surface area contributed by atoms with E-state index in [0.717, 1.165) is 34.9 Å². The van der Waals surface area contributed by atoms with Crippen LogP contribution in [0.5, 0.6) is 0 Å². The lowest BCUT2D eigenvalue weighted by Crippen LogP contribution is -2.48. The number of aromatic nitrogens is 1. The largest absolute Gasteiger partial charge is 0.345 e. The Bertz CT molecular complexity index is 849. The maximum atomic E-state index is 12.6. The van der Waals surface area contributed by atoms with Crippen LogP contribution in [0.3, 0.4) is 0 Å². The fourth-order valence-corrected chi connectivity index (χ4v) is 4.08. The number of nitrogens with zero attached hydrogens (tertiary/aromatic N) is 3. The number of anilines is 1. The zero-order valence-corrected chi connectivity index (χ0v) is 14.7. The van der Waals surface area contributed by atoms with Gasteiger partial charge in [-0.25, -0.2) is 4.98 Å². The van der Waals surface area contributed by atoms with Crippen molar-refractivity contribution in [1.29, 1.82) is 0 Å². The van der Waals surface area contributed by atoms with Crippen molar-refractivity contribution in [3.8, 4) is 0 Å². The third-order valence-corrected chi connectivity index (χ3v) is 5.65. The molecule has 0 bridgehead atoms. The molecule has 1 fully saturated rings. The Balaban J connectivity index is 1.42. The van der Waals surface area contributed by atoms with E-state index in [1.54, 1.807) is 11.3 Å². The van der Waals surface area contributed by atoms with Crippen molar-refractivity contribution in [3.63, 3.8) is 0 Å². The molecule has 128 valence electrons. The minimum Gasteiger partial charge on any atom is -0.345 e. The molecule has 1 aliphatic rings. The van der Waals surface area contributed by atoms with E-state index in [0.29, 0.717) is 19.6 Å². The Morgan fingerprint density at radius 3 is 2.44 bits per heavy atom. The highest BCUT2D eigenvalue weighted by Gasteiger charge is 2.23. The van der Waals surface area contributed by atoms with Gasteiger partial charge in [-0.05, 0) is 29.8 Å². The molecule has 2 aromatic carbocycles. The van der Waals surface area contributed by atoms with E-state index in [1.807, 2.05) is 47.4 Å². The number of piperazine rings is 1. The normalized spacial score (nSPS) is 14.9. The van der Waals surface area contributed by atoms with Crippen molar-refractivity contribution >= 4 is 32.6 Å². The average Bonchev–Trinajstić information content (AvgIpc) is 3.12. The molecular weight excluding hydrogens is 332 g/mol. The predicted octanol–water partition coefficient (Wildman–Crippen LogP) is 2.72. The summed E-state index contributed by atoms with van der Waals surface area (Å²) in [7, 11) is 0. The highest BCUT2D eigenvalue weighted by molar-refractivity contribution is 7.22. The number of rotatable bonds is 3. The molecule has 2 N–H and O–H groups in total. The molecular formula is C19H20N4OS. The summed E-state index contributed by atoms with van der Waals surface area (Å²) in [5.41, 5.74) is 8.42. The molecule has 1 amide bonds. The monoisotopic (exact) mass is 352 g/mol. The van der Waals surface area contributed by atoms with Gasteiger partial charge in [0, 0.05) is 38.3 Å². The summed E-state index contributed by atoms with van der Waals surface area (Å²) in [5, 5.41) is 1.04. The van der Waals surface area contributed by atoms with Crippen LogP contribution in [-0.4, -0.2) is 42.0 Å². The first-order valence-corrected chi connectivity index (χ1v) is 9.25. The number of para-hydroxylation sites is 1. The molecule has 25 heavy (non-hydrogen) atoms. The lowest BCUT2D eigenvalue weighted by atomic mass is 10.1. The van der Waals surface area contributed by atoms with E-state index < -0.39 is 0 Å². The lowest BCUT2D eigenvalue weighted by molar-refractivity contribution is 0.0747. The number of carbonyl (C=O) groups is 1. The number of nitrogens with two attached hydrogens (primary N) is 1. The van der Waals surface area contributed by atoms with Crippen molar-refractivity contribution in [2.45, 2.75) is 6.54 Å². The van der Waals surface area contributed by atoms with Gasteiger partial charge in [0.2, 0.25) is 0 Å². The first-order valence-electron chi connectivity index (χ1n) is 8.43. The van der Waals surface area contributed by atoms with E-state index in [1.165, 1.54) is 4.70 Å². The highest BCUT2D eigenvalue weighted by Crippen LogP contribution is 2.29. The zero-order valence-electron chi connectivity index (χ0n) is 13.9. The van der Waals surface area contributed by atoms with Gasteiger partial charge >= 0.3 is 0 Å². The van der Waals surface area contributed by atoms with E-state index in [9.17, 15) is 4.79 Å². The van der Waals surface area contributed by atoms with Crippen LogP contribution in [0.1, 0.15) is 15.9 Å². The van der Waals surface area contributed by atoms with Crippen LogP contribution in [-0.2, 0) is 6.54 Å². The molecule has 0 unspecified atom stereocenters. The topological polar surface area (TPSA) is 62.5 Å². The molecule has 3 aromatic rings.